The molecule has 0 aliphatic heterocycles. The molecule has 0 saturated heterocycles. The van der Waals surface area contributed by atoms with Crippen molar-refractivity contribution in [2.75, 3.05) is 12.4 Å². The van der Waals surface area contributed by atoms with Gasteiger partial charge >= 0.3 is 0 Å². The number of carbonyl (C=O) groups excluding carboxylic acids is 2. The molecule has 5 heteroatoms. The summed E-state index contributed by atoms with van der Waals surface area (Å²) in [4.78, 5) is 23.2. The fourth-order valence-corrected chi connectivity index (χ4v) is 2.93. The van der Waals surface area contributed by atoms with Crippen LogP contribution in [0.2, 0.25) is 0 Å². The molecular formula is C16H21FN2O2. The Morgan fingerprint density at radius 1 is 1.19 bits per heavy atom. The zero-order valence-corrected chi connectivity index (χ0v) is 12.4. The summed E-state index contributed by atoms with van der Waals surface area (Å²) >= 11 is 0. The van der Waals surface area contributed by atoms with E-state index in [-0.39, 0.29) is 29.2 Å². The van der Waals surface area contributed by atoms with E-state index in [0.717, 1.165) is 25.7 Å². The average molecular weight is 292 g/mol. The standard InChI is InChI=1S/C16H21FN2O2/c1-10(20)15-13(17)4-3-5-14(15)19-12-8-6-11(7-9-12)16(21)18-2/h3-5,11-12,19H,6-9H2,1-2H3,(H,18,21). The van der Waals surface area contributed by atoms with E-state index in [1.807, 2.05) is 0 Å². The molecule has 0 heterocycles. The summed E-state index contributed by atoms with van der Waals surface area (Å²) in [5.41, 5.74) is 0.664. The Balaban J connectivity index is 2.03. The maximum Gasteiger partial charge on any atom is 0.222 e. The SMILES string of the molecule is CNC(=O)C1CCC(Nc2cccc(F)c2C(C)=O)CC1. The van der Waals surface area contributed by atoms with Crippen LogP contribution in [0.5, 0.6) is 0 Å². The molecule has 0 bridgehead atoms. The van der Waals surface area contributed by atoms with Crippen LogP contribution in [-0.2, 0) is 4.79 Å². The number of ketones is 1. The summed E-state index contributed by atoms with van der Waals surface area (Å²) in [6.07, 6.45) is 3.29. The fraction of sp³-hybridized carbons (Fsp3) is 0.500. The number of hydrogen-bond acceptors (Lipinski definition) is 3. The Morgan fingerprint density at radius 3 is 2.43 bits per heavy atom. The smallest absolute Gasteiger partial charge is 0.222 e. The van der Waals surface area contributed by atoms with Gasteiger partial charge < -0.3 is 10.6 Å². The molecule has 1 aromatic carbocycles. The predicted octanol–water partition coefficient (Wildman–Crippen LogP) is 2.75. The summed E-state index contributed by atoms with van der Waals surface area (Å²) in [6, 6.07) is 4.79. The first-order valence-electron chi connectivity index (χ1n) is 7.30. The van der Waals surface area contributed by atoms with Gasteiger partial charge in [0, 0.05) is 24.7 Å². The minimum atomic E-state index is -0.494. The van der Waals surface area contributed by atoms with E-state index < -0.39 is 5.82 Å². The highest BCUT2D eigenvalue weighted by Gasteiger charge is 2.26. The highest BCUT2D eigenvalue weighted by Crippen LogP contribution is 2.28. The Hall–Kier alpha value is -1.91. The molecule has 1 fully saturated rings. The first kappa shape index (κ1) is 15.5. The Bertz CT molecular complexity index is 537. The van der Waals surface area contributed by atoms with Crippen LogP contribution in [0.15, 0.2) is 18.2 Å². The van der Waals surface area contributed by atoms with Crippen LogP contribution in [0.1, 0.15) is 43.0 Å². The largest absolute Gasteiger partial charge is 0.382 e. The number of rotatable bonds is 4. The van der Waals surface area contributed by atoms with E-state index >= 15 is 0 Å². The van der Waals surface area contributed by atoms with Gasteiger partial charge in [-0.25, -0.2) is 4.39 Å². The summed E-state index contributed by atoms with van der Waals surface area (Å²) in [6.45, 7) is 1.37. The number of benzene rings is 1. The first-order chi connectivity index (χ1) is 10.0. The molecule has 2 N–H and O–H groups in total. The molecule has 1 aliphatic rings. The average Bonchev–Trinajstić information content (AvgIpc) is 2.47. The number of amides is 1. The third kappa shape index (κ3) is 3.60. The molecule has 4 nitrogen and oxygen atoms in total. The quantitative estimate of drug-likeness (QED) is 0.839. The monoisotopic (exact) mass is 292 g/mol. The number of anilines is 1. The van der Waals surface area contributed by atoms with E-state index in [0.29, 0.717) is 5.69 Å². The molecule has 0 radical (unpaired) electrons. The van der Waals surface area contributed by atoms with Gasteiger partial charge in [-0.1, -0.05) is 6.07 Å². The molecule has 1 saturated carbocycles. The topological polar surface area (TPSA) is 58.2 Å². The molecule has 0 aromatic heterocycles. The lowest BCUT2D eigenvalue weighted by Gasteiger charge is -2.29. The van der Waals surface area contributed by atoms with Gasteiger partial charge in [0.1, 0.15) is 5.82 Å². The highest BCUT2D eigenvalue weighted by atomic mass is 19.1. The third-order valence-corrected chi connectivity index (χ3v) is 4.07. The van der Waals surface area contributed by atoms with Crippen molar-refractivity contribution < 1.29 is 14.0 Å². The molecular weight excluding hydrogens is 271 g/mol. The number of carbonyl (C=O) groups is 2. The van der Waals surface area contributed by atoms with Gasteiger partial charge in [-0.3, -0.25) is 9.59 Å². The molecule has 1 aromatic rings. The van der Waals surface area contributed by atoms with Gasteiger partial charge in [-0.2, -0.15) is 0 Å². The van der Waals surface area contributed by atoms with Crippen LogP contribution in [0.3, 0.4) is 0 Å². The minimum Gasteiger partial charge on any atom is -0.382 e. The summed E-state index contributed by atoms with van der Waals surface area (Å²) in [5.74, 6) is -0.627. The first-order valence-corrected chi connectivity index (χ1v) is 7.30. The summed E-state index contributed by atoms with van der Waals surface area (Å²) in [7, 11) is 1.65. The van der Waals surface area contributed by atoms with Crippen molar-refractivity contribution in [3.8, 4) is 0 Å². The lowest BCUT2D eigenvalue weighted by molar-refractivity contribution is -0.125. The molecule has 0 spiro atoms. The minimum absolute atomic E-state index is 0.0628. The molecule has 1 aliphatic carbocycles. The maximum absolute atomic E-state index is 13.8. The second-order valence-electron chi connectivity index (χ2n) is 5.53. The van der Waals surface area contributed by atoms with E-state index in [9.17, 15) is 14.0 Å². The van der Waals surface area contributed by atoms with E-state index in [1.165, 1.54) is 13.0 Å². The normalized spacial score (nSPS) is 21.7. The molecule has 0 unspecified atom stereocenters. The van der Waals surface area contributed by atoms with Crippen LogP contribution in [0.4, 0.5) is 10.1 Å². The zero-order chi connectivity index (χ0) is 15.4. The van der Waals surface area contributed by atoms with Crippen molar-refractivity contribution in [2.45, 2.75) is 38.6 Å². The molecule has 0 atom stereocenters. The second kappa shape index (κ2) is 6.70. The zero-order valence-electron chi connectivity index (χ0n) is 12.4. The summed E-state index contributed by atoms with van der Waals surface area (Å²) in [5, 5.41) is 5.93. The molecule has 2 rings (SSSR count). The van der Waals surface area contributed by atoms with Crippen molar-refractivity contribution in [1.82, 2.24) is 5.32 Å². The lowest BCUT2D eigenvalue weighted by atomic mass is 9.85. The van der Waals surface area contributed by atoms with Crippen molar-refractivity contribution in [3.63, 3.8) is 0 Å². The van der Waals surface area contributed by atoms with Crippen molar-refractivity contribution in [1.29, 1.82) is 0 Å². The van der Waals surface area contributed by atoms with Crippen molar-refractivity contribution in [2.24, 2.45) is 5.92 Å². The van der Waals surface area contributed by atoms with Gasteiger partial charge in [0.25, 0.3) is 0 Å². The molecule has 114 valence electrons. The van der Waals surface area contributed by atoms with Gasteiger partial charge in [-0.15, -0.1) is 0 Å². The van der Waals surface area contributed by atoms with Crippen LogP contribution in [-0.4, -0.2) is 24.8 Å². The lowest BCUT2D eigenvalue weighted by Crippen LogP contribution is -2.34. The predicted molar refractivity (Wildman–Crippen MR) is 79.8 cm³/mol. The van der Waals surface area contributed by atoms with Crippen molar-refractivity contribution >= 4 is 17.4 Å². The van der Waals surface area contributed by atoms with Gasteiger partial charge in [-0.05, 0) is 44.7 Å². The third-order valence-electron chi connectivity index (χ3n) is 4.07. The maximum atomic E-state index is 13.8. The number of halogens is 1. The van der Waals surface area contributed by atoms with Gasteiger partial charge in [0.15, 0.2) is 5.78 Å². The summed E-state index contributed by atoms with van der Waals surface area (Å²) < 4.78 is 13.8. The number of hydrogen-bond donors (Lipinski definition) is 2. The second-order valence-corrected chi connectivity index (χ2v) is 5.53. The Kier molecular flexibility index (Phi) is 4.94. The van der Waals surface area contributed by atoms with Crippen molar-refractivity contribution in [3.05, 3.63) is 29.6 Å². The van der Waals surface area contributed by atoms with Crippen LogP contribution >= 0.6 is 0 Å². The van der Waals surface area contributed by atoms with E-state index in [1.54, 1.807) is 19.2 Å². The molecule has 1 amide bonds. The van der Waals surface area contributed by atoms with E-state index in [2.05, 4.69) is 10.6 Å². The van der Waals surface area contributed by atoms with E-state index in [4.69, 9.17) is 0 Å². The van der Waals surface area contributed by atoms with Gasteiger partial charge in [0.2, 0.25) is 5.91 Å². The fourth-order valence-electron chi connectivity index (χ4n) is 2.93. The van der Waals surface area contributed by atoms with Crippen LogP contribution in [0.25, 0.3) is 0 Å². The molecule has 21 heavy (non-hydrogen) atoms. The number of Topliss-reactive ketones (excluding diaryl/α,β-unsaturated/α-hetero) is 1. The van der Waals surface area contributed by atoms with Crippen LogP contribution < -0.4 is 10.6 Å². The number of nitrogens with one attached hydrogen (secondary N) is 2. The highest BCUT2D eigenvalue weighted by molar-refractivity contribution is 5.99. The Morgan fingerprint density at radius 2 is 1.86 bits per heavy atom. The van der Waals surface area contributed by atoms with Crippen LogP contribution in [0, 0.1) is 11.7 Å². The van der Waals surface area contributed by atoms with Gasteiger partial charge in [0.05, 0.1) is 5.56 Å². The Labute approximate surface area is 124 Å².